The minimum atomic E-state index is -0.568. The van der Waals surface area contributed by atoms with Crippen LogP contribution in [0.4, 0.5) is 10.5 Å². The van der Waals surface area contributed by atoms with E-state index in [1.807, 2.05) is 29.6 Å². The second kappa shape index (κ2) is 6.71. The van der Waals surface area contributed by atoms with E-state index in [0.717, 1.165) is 10.6 Å². The molecular formula is C15H21N3O2S. The quantitative estimate of drug-likeness (QED) is 0.494. The Bertz CT molecular complexity index is 574. The van der Waals surface area contributed by atoms with Crippen molar-refractivity contribution >= 4 is 23.1 Å². The smallest absolute Gasteiger partial charge is 0.429 e. The number of ether oxygens (including phenoxy) is 1. The normalized spacial score (nSPS) is 10.7. The lowest BCUT2D eigenvalue weighted by molar-refractivity contribution is 0.0580. The van der Waals surface area contributed by atoms with Gasteiger partial charge in [0.1, 0.15) is 5.60 Å². The van der Waals surface area contributed by atoms with Crippen molar-refractivity contribution in [3.8, 4) is 10.4 Å². The molecule has 0 aliphatic heterocycles. The number of nitrogens with zero attached hydrogens (tertiary/aromatic N) is 1. The van der Waals surface area contributed by atoms with Crippen LogP contribution in [-0.4, -0.2) is 11.7 Å². The Morgan fingerprint density at radius 1 is 1.19 bits per heavy atom. The molecule has 0 saturated carbocycles. The van der Waals surface area contributed by atoms with E-state index in [9.17, 15) is 4.79 Å². The first-order chi connectivity index (χ1) is 9.37. The third-order valence-electron chi connectivity index (χ3n) is 2.54. The van der Waals surface area contributed by atoms with Crippen LogP contribution < -0.4 is 17.0 Å². The molecule has 0 spiro atoms. The van der Waals surface area contributed by atoms with Gasteiger partial charge in [0.15, 0.2) is 0 Å². The van der Waals surface area contributed by atoms with Crippen molar-refractivity contribution in [2.45, 2.75) is 26.4 Å². The molecule has 1 aromatic heterocycles. The number of carbonyl (C=O) groups excluding carboxylic acids is 1. The predicted molar refractivity (Wildman–Crippen MR) is 87.7 cm³/mol. The third-order valence-corrected chi connectivity index (χ3v) is 3.46. The van der Waals surface area contributed by atoms with Gasteiger partial charge in [-0.1, -0.05) is 18.2 Å². The summed E-state index contributed by atoms with van der Waals surface area (Å²) in [5.41, 5.74) is 1.13. The van der Waals surface area contributed by atoms with Crippen molar-refractivity contribution in [1.29, 1.82) is 0 Å². The van der Waals surface area contributed by atoms with Crippen molar-refractivity contribution in [3.63, 3.8) is 0 Å². The van der Waals surface area contributed by atoms with Crippen LogP contribution in [0.3, 0.4) is 0 Å². The van der Waals surface area contributed by atoms with Gasteiger partial charge in [-0.2, -0.15) is 0 Å². The van der Waals surface area contributed by atoms with Gasteiger partial charge in [-0.3, -0.25) is 0 Å². The summed E-state index contributed by atoms with van der Waals surface area (Å²) < 4.78 is 5.22. The molecule has 6 heteroatoms. The number of rotatable bonds is 2. The Morgan fingerprint density at radius 3 is 2.29 bits per heavy atom. The number of benzene rings is 1. The average molecular weight is 307 g/mol. The Labute approximate surface area is 128 Å². The molecule has 5 nitrogen and oxygen atoms in total. The molecule has 2 aromatic rings. The number of hydrazine groups is 1. The van der Waals surface area contributed by atoms with Gasteiger partial charge in [-0.25, -0.2) is 15.6 Å². The molecule has 0 saturated heterocycles. The molecule has 0 bridgehead atoms. The number of hydrogen-bond donors (Lipinski definition) is 2. The van der Waals surface area contributed by atoms with Crippen LogP contribution in [0.2, 0.25) is 0 Å². The molecule has 2 rings (SSSR count). The molecule has 0 atom stereocenters. The molecule has 0 aliphatic carbocycles. The largest absolute Gasteiger partial charge is 0.442 e. The van der Waals surface area contributed by atoms with Crippen LogP contribution in [0, 0.1) is 0 Å². The maximum atomic E-state index is 11.9. The van der Waals surface area contributed by atoms with Crippen LogP contribution in [0.15, 0.2) is 41.8 Å². The van der Waals surface area contributed by atoms with Crippen molar-refractivity contribution in [3.05, 3.63) is 41.8 Å². The molecule has 0 radical (unpaired) electrons. The fourth-order valence-electron chi connectivity index (χ4n) is 1.65. The second-order valence-electron chi connectivity index (χ2n) is 5.37. The molecule has 1 amide bonds. The first-order valence-electron chi connectivity index (χ1n) is 6.28. The fraction of sp³-hybridized carbons (Fsp3) is 0.267. The van der Waals surface area contributed by atoms with Crippen molar-refractivity contribution in [2.24, 2.45) is 5.84 Å². The minimum Gasteiger partial charge on any atom is -0.442 e. The minimum absolute atomic E-state index is 0. The summed E-state index contributed by atoms with van der Waals surface area (Å²) >= 11 is 1.67. The topological polar surface area (TPSA) is 90.6 Å². The van der Waals surface area contributed by atoms with E-state index in [1.54, 1.807) is 44.2 Å². The van der Waals surface area contributed by atoms with E-state index < -0.39 is 11.7 Å². The van der Waals surface area contributed by atoms with E-state index in [0.29, 0.717) is 5.69 Å². The summed E-state index contributed by atoms with van der Waals surface area (Å²) in [6.07, 6.45) is -0.568. The number of nitrogens with two attached hydrogens (primary N) is 1. The van der Waals surface area contributed by atoms with Crippen molar-refractivity contribution in [2.75, 3.05) is 5.01 Å². The Kier molecular flexibility index (Phi) is 5.48. The fourth-order valence-corrected chi connectivity index (χ4v) is 2.38. The summed E-state index contributed by atoms with van der Waals surface area (Å²) in [7, 11) is 0. The number of hydrogen-bond acceptors (Lipinski definition) is 5. The van der Waals surface area contributed by atoms with Gasteiger partial charge in [0.05, 0.1) is 5.69 Å². The lowest BCUT2D eigenvalue weighted by Crippen LogP contribution is -2.41. The predicted octanol–water partition coefficient (Wildman–Crippen LogP) is 4.19. The summed E-state index contributed by atoms with van der Waals surface area (Å²) in [5.74, 6) is 5.78. The summed E-state index contributed by atoms with van der Waals surface area (Å²) in [5, 5.41) is 3.04. The van der Waals surface area contributed by atoms with E-state index in [1.165, 1.54) is 4.88 Å². The number of thiophene rings is 1. The van der Waals surface area contributed by atoms with Gasteiger partial charge in [0, 0.05) is 4.88 Å². The highest BCUT2D eigenvalue weighted by atomic mass is 32.1. The zero-order chi connectivity index (χ0) is 14.8. The molecule has 0 aliphatic rings. The molecule has 114 valence electrons. The van der Waals surface area contributed by atoms with Crippen LogP contribution in [0.25, 0.3) is 10.4 Å². The molecular weight excluding hydrogens is 286 g/mol. The monoisotopic (exact) mass is 307 g/mol. The first kappa shape index (κ1) is 17.2. The maximum absolute atomic E-state index is 11.9. The molecule has 1 aromatic carbocycles. The highest BCUT2D eigenvalue weighted by Crippen LogP contribution is 2.26. The molecule has 21 heavy (non-hydrogen) atoms. The van der Waals surface area contributed by atoms with E-state index in [-0.39, 0.29) is 6.15 Å². The summed E-state index contributed by atoms with van der Waals surface area (Å²) in [6.45, 7) is 5.41. The Morgan fingerprint density at radius 2 is 1.81 bits per heavy atom. The zero-order valence-electron chi connectivity index (χ0n) is 12.5. The highest BCUT2D eigenvalue weighted by Gasteiger charge is 2.21. The standard InChI is InChI=1S/C15H18N2O2S.H3N/c1-15(2,3)19-14(18)17(16)12-8-6-11(7-9-12)13-5-4-10-20-13;/h4-10H,16H2,1-3H3;1H3. The van der Waals surface area contributed by atoms with E-state index in [4.69, 9.17) is 10.6 Å². The third kappa shape index (κ3) is 4.56. The van der Waals surface area contributed by atoms with Crippen LogP contribution in [-0.2, 0) is 4.74 Å². The van der Waals surface area contributed by atoms with Crippen molar-refractivity contribution in [1.82, 2.24) is 6.15 Å². The number of amides is 1. The molecule has 1 heterocycles. The first-order valence-corrected chi connectivity index (χ1v) is 7.16. The summed E-state index contributed by atoms with van der Waals surface area (Å²) in [4.78, 5) is 13.0. The maximum Gasteiger partial charge on any atom is 0.429 e. The lowest BCUT2D eigenvalue weighted by atomic mass is 10.2. The molecule has 0 unspecified atom stereocenters. The molecule has 0 fully saturated rings. The zero-order valence-corrected chi connectivity index (χ0v) is 13.3. The highest BCUT2D eigenvalue weighted by molar-refractivity contribution is 7.13. The van der Waals surface area contributed by atoms with Crippen LogP contribution in [0.5, 0.6) is 0 Å². The van der Waals surface area contributed by atoms with Crippen LogP contribution in [0.1, 0.15) is 20.8 Å². The lowest BCUT2D eigenvalue weighted by Gasteiger charge is -2.24. The summed E-state index contributed by atoms with van der Waals surface area (Å²) in [6, 6.07) is 11.5. The SMILES string of the molecule is CC(C)(C)OC(=O)N(N)c1ccc(-c2cccs2)cc1.N. The van der Waals surface area contributed by atoms with Gasteiger partial charge in [0.2, 0.25) is 0 Å². The van der Waals surface area contributed by atoms with Gasteiger partial charge in [0.25, 0.3) is 0 Å². The number of anilines is 1. The van der Waals surface area contributed by atoms with E-state index in [2.05, 4.69) is 0 Å². The second-order valence-corrected chi connectivity index (χ2v) is 6.32. The Hall–Kier alpha value is -1.89. The Balaban J connectivity index is 0.00000220. The van der Waals surface area contributed by atoms with Gasteiger partial charge < -0.3 is 10.9 Å². The number of carbonyl (C=O) groups is 1. The van der Waals surface area contributed by atoms with Crippen molar-refractivity contribution < 1.29 is 9.53 Å². The van der Waals surface area contributed by atoms with Gasteiger partial charge in [-0.15, -0.1) is 11.3 Å². The van der Waals surface area contributed by atoms with Gasteiger partial charge >= 0.3 is 6.09 Å². The van der Waals surface area contributed by atoms with E-state index >= 15 is 0 Å². The molecule has 5 N–H and O–H groups in total. The van der Waals surface area contributed by atoms with Gasteiger partial charge in [-0.05, 0) is 49.9 Å². The average Bonchev–Trinajstić information content (AvgIpc) is 2.90. The van der Waals surface area contributed by atoms with Crippen LogP contribution >= 0.6 is 11.3 Å².